The van der Waals surface area contributed by atoms with Crippen LogP contribution in [-0.4, -0.2) is 14.2 Å². The lowest BCUT2D eigenvalue weighted by Crippen LogP contribution is -1.99. The molecule has 56 valence electrons. The van der Waals surface area contributed by atoms with Gasteiger partial charge in [0.1, 0.15) is 0 Å². The van der Waals surface area contributed by atoms with Crippen molar-refractivity contribution < 1.29 is 8.42 Å². The maximum absolute atomic E-state index is 10.4. The normalized spacial score (nSPS) is 31.2. The Balaban J connectivity index is 2.40. The van der Waals surface area contributed by atoms with E-state index in [1.54, 1.807) is 0 Å². The molecule has 2 atom stereocenters. The highest BCUT2D eigenvalue weighted by molar-refractivity contribution is 8.13. The molecule has 0 bridgehead atoms. The zero-order valence-electron chi connectivity index (χ0n) is 5.12. The quantitative estimate of drug-likeness (QED) is 0.587. The van der Waals surface area contributed by atoms with Crippen molar-refractivity contribution in [3.8, 4) is 6.07 Å². The number of hydrogen-bond donors (Lipinski definition) is 0. The summed E-state index contributed by atoms with van der Waals surface area (Å²) in [6.07, 6.45) is 0.683. The lowest BCUT2D eigenvalue weighted by molar-refractivity contribution is 0.605. The molecule has 10 heavy (non-hydrogen) atoms. The second-order valence-electron chi connectivity index (χ2n) is 2.44. The van der Waals surface area contributed by atoms with Crippen LogP contribution in [0.2, 0.25) is 0 Å². The fraction of sp³-hybridized carbons (Fsp3) is 0.800. The molecule has 1 saturated carbocycles. The number of halogens is 1. The predicted molar refractivity (Wildman–Crippen MR) is 36.8 cm³/mol. The molecular formula is C5H6ClNO2S. The van der Waals surface area contributed by atoms with E-state index in [0.717, 1.165) is 0 Å². The Morgan fingerprint density at radius 3 is 2.60 bits per heavy atom. The highest BCUT2D eigenvalue weighted by Crippen LogP contribution is 2.39. The van der Waals surface area contributed by atoms with Crippen LogP contribution in [-0.2, 0) is 9.05 Å². The first-order valence-electron chi connectivity index (χ1n) is 2.85. The van der Waals surface area contributed by atoms with E-state index in [9.17, 15) is 8.42 Å². The van der Waals surface area contributed by atoms with Crippen molar-refractivity contribution >= 4 is 19.7 Å². The van der Waals surface area contributed by atoms with Crippen molar-refractivity contribution in [2.45, 2.75) is 6.42 Å². The molecule has 0 aromatic carbocycles. The van der Waals surface area contributed by atoms with Gasteiger partial charge in [0.2, 0.25) is 9.05 Å². The maximum Gasteiger partial charge on any atom is 0.232 e. The molecule has 1 fully saturated rings. The summed E-state index contributed by atoms with van der Waals surface area (Å²) < 4.78 is 20.8. The van der Waals surface area contributed by atoms with Gasteiger partial charge in [0.05, 0.1) is 17.7 Å². The third-order valence-electron chi connectivity index (χ3n) is 1.50. The van der Waals surface area contributed by atoms with E-state index in [1.165, 1.54) is 0 Å². The summed E-state index contributed by atoms with van der Waals surface area (Å²) in [6.45, 7) is 0. The fourth-order valence-electron chi connectivity index (χ4n) is 0.846. The maximum atomic E-state index is 10.4. The Labute approximate surface area is 64.0 Å². The van der Waals surface area contributed by atoms with Gasteiger partial charge in [-0.1, -0.05) is 0 Å². The van der Waals surface area contributed by atoms with Crippen LogP contribution in [0.25, 0.3) is 0 Å². The van der Waals surface area contributed by atoms with Gasteiger partial charge < -0.3 is 0 Å². The van der Waals surface area contributed by atoms with E-state index in [2.05, 4.69) is 0 Å². The molecule has 0 aliphatic heterocycles. The summed E-state index contributed by atoms with van der Waals surface area (Å²) in [7, 11) is 1.57. The third kappa shape index (κ3) is 2.16. The van der Waals surface area contributed by atoms with Crippen LogP contribution in [0, 0.1) is 23.2 Å². The summed E-state index contributed by atoms with van der Waals surface area (Å²) in [5.41, 5.74) is 0. The second kappa shape index (κ2) is 2.40. The second-order valence-corrected chi connectivity index (χ2v) is 5.26. The van der Waals surface area contributed by atoms with Gasteiger partial charge in [0, 0.05) is 10.7 Å². The number of hydrogen-bond acceptors (Lipinski definition) is 3. The molecule has 1 rings (SSSR count). The van der Waals surface area contributed by atoms with E-state index in [4.69, 9.17) is 15.9 Å². The van der Waals surface area contributed by atoms with Crippen molar-refractivity contribution in [1.82, 2.24) is 0 Å². The molecule has 0 radical (unpaired) electrons. The smallest absolute Gasteiger partial charge is 0.212 e. The molecule has 3 nitrogen and oxygen atoms in total. The minimum atomic E-state index is -3.38. The lowest BCUT2D eigenvalue weighted by Gasteiger charge is -1.88. The molecule has 0 aromatic rings. The standard InChI is InChI=1S/C5H6ClNO2S/c6-10(8,9)3-5-1-4(5)2-7/h4-5H,1,3H2/t4-,5-/m0/s1. The van der Waals surface area contributed by atoms with E-state index < -0.39 is 9.05 Å². The molecule has 0 N–H and O–H groups in total. The molecule has 0 amide bonds. The van der Waals surface area contributed by atoms with Crippen LogP contribution in [0.3, 0.4) is 0 Å². The van der Waals surface area contributed by atoms with Gasteiger partial charge in [-0.05, 0) is 12.3 Å². The van der Waals surface area contributed by atoms with E-state index in [1.807, 2.05) is 6.07 Å². The van der Waals surface area contributed by atoms with E-state index in [0.29, 0.717) is 6.42 Å². The van der Waals surface area contributed by atoms with Gasteiger partial charge in [0.15, 0.2) is 0 Å². The van der Waals surface area contributed by atoms with Gasteiger partial charge in [-0.3, -0.25) is 0 Å². The first-order valence-corrected chi connectivity index (χ1v) is 5.33. The first kappa shape index (κ1) is 7.83. The average Bonchev–Trinajstić information content (AvgIpc) is 2.42. The van der Waals surface area contributed by atoms with Gasteiger partial charge in [-0.2, -0.15) is 5.26 Å². The minimum absolute atomic E-state index is 0.00694. The molecule has 1 aliphatic carbocycles. The molecule has 0 aromatic heterocycles. The Kier molecular flexibility index (Phi) is 1.88. The Hall–Kier alpha value is -0.270. The van der Waals surface area contributed by atoms with Crippen LogP contribution >= 0.6 is 10.7 Å². The van der Waals surface area contributed by atoms with Gasteiger partial charge in [0.25, 0.3) is 0 Å². The first-order chi connectivity index (χ1) is 4.53. The fourth-order valence-corrected chi connectivity index (χ4v) is 2.21. The molecule has 0 saturated heterocycles. The Morgan fingerprint density at radius 2 is 2.30 bits per heavy atom. The third-order valence-corrected chi connectivity index (χ3v) is 2.71. The number of nitrogens with zero attached hydrogens (tertiary/aromatic N) is 1. The van der Waals surface area contributed by atoms with Crippen LogP contribution in [0.15, 0.2) is 0 Å². The summed E-state index contributed by atoms with van der Waals surface area (Å²) in [4.78, 5) is 0. The minimum Gasteiger partial charge on any atom is -0.212 e. The van der Waals surface area contributed by atoms with Gasteiger partial charge in [-0.25, -0.2) is 8.42 Å². The Morgan fingerprint density at radius 1 is 1.70 bits per heavy atom. The molecule has 1 aliphatic rings. The molecule has 0 spiro atoms. The highest BCUT2D eigenvalue weighted by Gasteiger charge is 2.39. The zero-order chi connectivity index (χ0) is 7.78. The van der Waals surface area contributed by atoms with Crippen LogP contribution in [0.1, 0.15) is 6.42 Å². The van der Waals surface area contributed by atoms with Crippen LogP contribution in [0.4, 0.5) is 0 Å². The van der Waals surface area contributed by atoms with Gasteiger partial charge >= 0.3 is 0 Å². The molecule has 5 heteroatoms. The van der Waals surface area contributed by atoms with E-state index in [-0.39, 0.29) is 17.6 Å². The molecule has 0 unspecified atom stereocenters. The number of rotatable bonds is 2. The van der Waals surface area contributed by atoms with Crippen molar-refractivity contribution in [2.75, 3.05) is 5.75 Å². The SMILES string of the molecule is N#C[C@@H]1C[C@H]1CS(=O)(=O)Cl. The van der Waals surface area contributed by atoms with Crippen molar-refractivity contribution in [2.24, 2.45) is 11.8 Å². The monoisotopic (exact) mass is 179 g/mol. The van der Waals surface area contributed by atoms with Gasteiger partial charge in [-0.15, -0.1) is 0 Å². The van der Waals surface area contributed by atoms with Crippen molar-refractivity contribution in [3.05, 3.63) is 0 Å². The van der Waals surface area contributed by atoms with Crippen LogP contribution in [0.5, 0.6) is 0 Å². The lowest BCUT2D eigenvalue weighted by atomic mass is 10.4. The summed E-state index contributed by atoms with van der Waals surface area (Å²) in [5.74, 6) is -0.131. The zero-order valence-corrected chi connectivity index (χ0v) is 6.69. The average molecular weight is 180 g/mol. The van der Waals surface area contributed by atoms with Crippen LogP contribution < -0.4 is 0 Å². The predicted octanol–water partition coefficient (Wildman–Crippen LogP) is 0.715. The largest absolute Gasteiger partial charge is 0.232 e. The van der Waals surface area contributed by atoms with E-state index >= 15 is 0 Å². The molecular weight excluding hydrogens is 174 g/mol. The Bertz CT molecular complexity index is 266. The summed E-state index contributed by atoms with van der Waals surface area (Å²) in [6, 6.07) is 1.99. The molecule has 0 heterocycles. The summed E-state index contributed by atoms with van der Waals surface area (Å²) >= 11 is 0. The number of nitriles is 1. The van der Waals surface area contributed by atoms with Crippen molar-refractivity contribution in [1.29, 1.82) is 5.26 Å². The topological polar surface area (TPSA) is 57.9 Å². The van der Waals surface area contributed by atoms with Crippen molar-refractivity contribution in [3.63, 3.8) is 0 Å². The summed E-state index contributed by atoms with van der Waals surface area (Å²) in [5, 5.41) is 8.29. The highest BCUT2D eigenvalue weighted by atomic mass is 35.7.